The molecule has 0 fully saturated rings. The van der Waals surface area contributed by atoms with E-state index in [0.29, 0.717) is 33.5 Å². The Morgan fingerprint density at radius 1 is 1.28 bits per heavy atom. The normalized spacial score (nSPS) is 11.4. The summed E-state index contributed by atoms with van der Waals surface area (Å²) in [6, 6.07) is 5.80. The van der Waals surface area contributed by atoms with Crippen molar-refractivity contribution in [2.45, 2.75) is 26.4 Å². The van der Waals surface area contributed by atoms with Crippen LogP contribution in [-0.4, -0.2) is 33.7 Å². The van der Waals surface area contributed by atoms with Gasteiger partial charge in [-0.1, -0.05) is 0 Å². The largest absolute Gasteiger partial charge is 0.443 e. The highest BCUT2D eigenvalue weighted by Crippen LogP contribution is 2.33. The number of fused-ring (bicyclic) bond motifs is 1. The lowest BCUT2D eigenvalue weighted by Crippen LogP contribution is -2.26. The summed E-state index contributed by atoms with van der Waals surface area (Å²) in [7, 11) is 0. The summed E-state index contributed by atoms with van der Waals surface area (Å²) < 4.78 is 20.5. The zero-order chi connectivity index (χ0) is 21.3. The maximum Gasteiger partial charge on any atom is 0.419 e. The first-order chi connectivity index (χ1) is 13.5. The number of hydrogen-bond donors (Lipinski definition) is 3. The highest BCUT2D eigenvalue weighted by molar-refractivity contribution is 6.01. The van der Waals surface area contributed by atoms with Gasteiger partial charge in [0.15, 0.2) is 0 Å². The molecule has 0 bridgehead atoms. The third kappa shape index (κ3) is 4.45. The summed E-state index contributed by atoms with van der Waals surface area (Å²) in [5.41, 5.74) is 12.3. The number of carbonyl (C=O) groups is 2. The molecule has 0 aliphatic rings. The number of rotatable bonds is 4. The molecular formula is C20H22FN5O3. The van der Waals surface area contributed by atoms with Crippen molar-refractivity contribution in [1.29, 1.82) is 0 Å². The molecule has 152 valence electrons. The summed E-state index contributed by atoms with van der Waals surface area (Å²) in [6.45, 7) is 5.15. The first-order valence-corrected chi connectivity index (χ1v) is 8.87. The van der Waals surface area contributed by atoms with Gasteiger partial charge in [-0.3, -0.25) is 9.36 Å². The standard InChI is InChI=1S/C20H22FN5O3/c1-20(2,3)29-19(28)26-10-14(13-5-4-12(21)7-16(13)26)11-6-15(22)18(24-8-11)25-9-17(23)27/h4-8,10H,9,22H2,1-3H3,(H2,23,27)(H,24,25). The van der Waals surface area contributed by atoms with Crippen LogP contribution in [-0.2, 0) is 9.53 Å². The van der Waals surface area contributed by atoms with E-state index in [-0.39, 0.29) is 6.54 Å². The Kier molecular flexibility index (Phi) is 5.15. The van der Waals surface area contributed by atoms with E-state index >= 15 is 0 Å². The molecule has 5 N–H and O–H groups in total. The Hall–Kier alpha value is -3.62. The Balaban J connectivity index is 2.07. The molecule has 0 aliphatic heterocycles. The maximum absolute atomic E-state index is 13.9. The van der Waals surface area contributed by atoms with Gasteiger partial charge in [0.25, 0.3) is 0 Å². The lowest BCUT2D eigenvalue weighted by molar-refractivity contribution is -0.116. The molecule has 29 heavy (non-hydrogen) atoms. The number of primary amides is 1. The van der Waals surface area contributed by atoms with E-state index in [4.69, 9.17) is 16.2 Å². The topological polar surface area (TPSA) is 125 Å². The molecule has 0 radical (unpaired) electrons. The quantitative estimate of drug-likeness (QED) is 0.619. The van der Waals surface area contributed by atoms with Crippen LogP contribution in [0.5, 0.6) is 0 Å². The molecule has 0 atom stereocenters. The summed E-state index contributed by atoms with van der Waals surface area (Å²) >= 11 is 0. The van der Waals surface area contributed by atoms with E-state index in [9.17, 15) is 14.0 Å². The fraction of sp³-hybridized carbons (Fsp3) is 0.250. The van der Waals surface area contributed by atoms with Gasteiger partial charge in [-0.05, 0) is 45.0 Å². The van der Waals surface area contributed by atoms with E-state index in [0.717, 1.165) is 0 Å². The van der Waals surface area contributed by atoms with Gasteiger partial charge < -0.3 is 21.5 Å². The zero-order valence-electron chi connectivity index (χ0n) is 16.3. The number of halogens is 1. The number of nitrogens with zero attached hydrogens (tertiary/aromatic N) is 2. The first-order valence-electron chi connectivity index (χ1n) is 8.87. The molecule has 0 unspecified atom stereocenters. The smallest absolute Gasteiger partial charge is 0.419 e. The van der Waals surface area contributed by atoms with Crippen molar-refractivity contribution in [3.05, 3.63) is 42.5 Å². The fourth-order valence-electron chi connectivity index (χ4n) is 2.84. The van der Waals surface area contributed by atoms with Gasteiger partial charge in [-0.25, -0.2) is 14.2 Å². The first kappa shape index (κ1) is 20.1. The third-order valence-electron chi connectivity index (χ3n) is 4.02. The summed E-state index contributed by atoms with van der Waals surface area (Å²) in [4.78, 5) is 27.8. The van der Waals surface area contributed by atoms with Crippen LogP contribution in [0.25, 0.3) is 22.0 Å². The minimum absolute atomic E-state index is 0.103. The van der Waals surface area contributed by atoms with Crippen molar-refractivity contribution < 1.29 is 18.7 Å². The van der Waals surface area contributed by atoms with E-state index in [1.54, 1.807) is 39.1 Å². The predicted molar refractivity (Wildman–Crippen MR) is 109 cm³/mol. The lowest BCUT2D eigenvalue weighted by Gasteiger charge is -2.19. The fourth-order valence-corrected chi connectivity index (χ4v) is 2.84. The number of nitrogen functional groups attached to an aromatic ring is 1. The van der Waals surface area contributed by atoms with Gasteiger partial charge in [0.05, 0.1) is 17.7 Å². The van der Waals surface area contributed by atoms with Crippen LogP contribution in [0.2, 0.25) is 0 Å². The molecule has 1 aromatic carbocycles. The van der Waals surface area contributed by atoms with E-state index in [1.807, 2.05) is 0 Å². The van der Waals surface area contributed by atoms with Crippen LogP contribution in [0.3, 0.4) is 0 Å². The van der Waals surface area contributed by atoms with Gasteiger partial charge in [-0.2, -0.15) is 0 Å². The monoisotopic (exact) mass is 399 g/mol. The van der Waals surface area contributed by atoms with E-state index in [2.05, 4.69) is 10.3 Å². The number of amides is 1. The summed E-state index contributed by atoms with van der Waals surface area (Å²) in [5, 5.41) is 3.38. The average molecular weight is 399 g/mol. The van der Waals surface area contributed by atoms with Crippen molar-refractivity contribution in [3.8, 4) is 11.1 Å². The van der Waals surface area contributed by atoms with Crippen LogP contribution in [0, 0.1) is 5.82 Å². The van der Waals surface area contributed by atoms with Crippen molar-refractivity contribution in [1.82, 2.24) is 9.55 Å². The number of hydrogen-bond acceptors (Lipinski definition) is 6. The number of nitrogens with one attached hydrogen (secondary N) is 1. The second kappa shape index (κ2) is 7.42. The van der Waals surface area contributed by atoms with Crippen LogP contribution in [0.1, 0.15) is 20.8 Å². The second-order valence-corrected chi connectivity index (χ2v) is 7.54. The SMILES string of the molecule is CC(C)(C)OC(=O)n1cc(-c2cnc(NCC(N)=O)c(N)c2)c2ccc(F)cc21. The summed E-state index contributed by atoms with van der Waals surface area (Å²) in [6.07, 6.45) is 2.47. The van der Waals surface area contributed by atoms with E-state index < -0.39 is 23.4 Å². The molecule has 2 aromatic heterocycles. The summed E-state index contributed by atoms with van der Waals surface area (Å²) in [5.74, 6) is -0.706. The average Bonchev–Trinajstić information content (AvgIpc) is 2.97. The zero-order valence-corrected chi connectivity index (χ0v) is 16.3. The highest BCUT2D eigenvalue weighted by atomic mass is 19.1. The highest BCUT2D eigenvalue weighted by Gasteiger charge is 2.22. The molecule has 0 saturated heterocycles. The molecule has 8 nitrogen and oxygen atoms in total. The Morgan fingerprint density at radius 3 is 2.62 bits per heavy atom. The Morgan fingerprint density at radius 2 is 2.00 bits per heavy atom. The Labute approximate surface area is 166 Å². The van der Waals surface area contributed by atoms with Crippen LogP contribution in [0.15, 0.2) is 36.7 Å². The van der Waals surface area contributed by atoms with Crippen molar-refractivity contribution >= 4 is 34.4 Å². The molecule has 0 aliphatic carbocycles. The molecule has 9 heteroatoms. The van der Waals surface area contributed by atoms with Gasteiger partial charge in [0, 0.05) is 28.9 Å². The number of benzene rings is 1. The molecule has 1 amide bonds. The van der Waals surface area contributed by atoms with Gasteiger partial charge in [0.2, 0.25) is 5.91 Å². The molecule has 3 aromatic rings. The number of carbonyl (C=O) groups excluding carboxylic acids is 2. The molecule has 0 saturated carbocycles. The predicted octanol–water partition coefficient (Wildman–Crippen LogP) is 3.11. The minimum Gasteiger partial charge on any atom is -0.443 e. The van der Waals surface area contributed by atoms with Crippen molar-refractivity contribution in [2.75, 3.05) is 17.6 Å². The van der Waals surface area contributed by atoms with Crippen LogP contribution < -0.4 is 16.8 Å². The molecule has 0 spiro atoms. The van der Waals surface area contributed by atoms with Crippen molar-refractivity contribution in [2.24, 2.45) is 5.73 Å². The maximum atomic E-state index is 13.9. The van der Waals surface area contributed by atoms with E-state index in [1.165, 1.54) is 22.9 Å². The molecule has 3 rings (SSSR count). The number of ether oxygens (including phenoxy) is 1. The van der Waals surface area contributed by atoms with Gasteiger partial charge in [-0.15, -0.1) is 0 Å². The second-order valence-electron chi connectivity index (χ2n) is 7.54. The van der Waals surface area contributed by atoms with Gasteiger partial charge in [0.1, 0.15) is 17.2 Å². The lowest BCUT2D eigenvalue weighted by atomic mass is 10.1. The number of anilines is 2. The van der Waals surface area contributed by atoms with Gasteiger partial charge >= 0.3 is 6.09 Å². The van der Waals surface area contributed by atoms with Crippen molar-refractivity contribution in [3.63, 3.8) is 0 Å². The van der Waals surface area contributed by atoms with Crippen LogP contribution in [0.4, 0.5) is 20.7 Å². The molecular weight excluding hydrogens is 377 g/mol. The van der Waals surface area contributed by atoms with Crippen LogP contribution >= 0.6 is 0 Å². The molecule has 2 heterocycles. The number of pyridine rings is 1. The number of aromatic nitrogens is 2. The number of nitrogens with two attached hydrogens (primary N) is 2. The third-order valence-corrected chi connectivity index (χ3v) is 4.02. The minimum atomic E-state index is -0.707. The Bertz CT molecular complexity index is 1100.